The van der Waals surface area contributed by atoms with Gasteiger partial charge in [0.15, 0.2) is 0 Å². The van der Waals surface area contributed by atoms with E-state index in [1.54, 1.807) is 90.1 Å². The van der Waals surface area contributed by atoms with Crippen molar-refractivity contribution >= 4 is 67.9 Å². The Morgan fingerprint density at radius 3 is 1.12 bits per heavy atom. The number of sulfonamides is 2. The zero-order chi connectivity index (χ0) is 59.3. The zero-order valence-corrected chi connectivity index (χ0v) is 49.1. The molecular formula is C45H91N11O17S2. The smallest absolute Gasteiger partial charge is 0.407 e. The number of hydrogen-bond donors (Lipinski definition) is 9. The maximum Gasteiger partial charge on any atom is 0.407 e. The Balaban J connectivity index is -0.00000106. The van der Waals surface area contributed by atoms with Crippen molar-refractivity contribution in [2.24, 2.45) is 5.73 Å². The number of nitrogens with one attached hydrogen (secondary N) is 7. The second-order valence-electron chi connectivity index (χ2n) is 21.5. The van der Waals surface area contributed by atoms with Crippen LogP contribution in [-0.2, 0) is 67.8 Å². The van der Waals surface area contributed by atoms with E-state index in [-0.39, 0.29) is 70.4 Å². The molecule has 10 N–H and O–H groups in total. The molecule has 5 amide bonds. The van der Waals surface area contributed by atoms with Crippen molar-refractivity contribution in [2.45, 2.75) is 175 Å². The Bertz CT molecular complexity index is 2040. The lowest BCUT2D eigenvalue weighted by Crippen LogP contribution is -2.47. The molecule has 0 heterocycles. The first-order valence-corrected chi connectivity index (χ1v) is 27.8. The van der Waals surface area contributed by atoms with Gasteiger partial charge in [0, 0.05) is 71.6 Å². The standard InChI is InChI=1S/C18H36N4O7S.C18H35N3O5.C9H20N4O5S/c1-17(2,3)28-15(24)12-22(7)21-14(23)11-13(9-10-19-30(8,26)27)20-16(25)29-18(4,5)6;1-9-10-13(19-16(24)26-18(5,6)7)11-14(22)20-21(8)12-15(23)25-17(2,3)4;1-13(6-9(15)16)12-8(14)5-7(10)3-4-11-19(2,17)18/h13,19H,9-12H2,1-8H3,(H,20,25)(H,21,23);13H,9-12H2,1-8H3,(H,19,24)(H,20,22);7,11H,3-6,10H2,1-2H3,(H,12,14)(H,15,16)/t2*13-;7-/m000/s1. The number of carboxylic acids is 1. The third-order valence-corrected chi connectivity index (χ3v) is 9.48. The molecule has 3 atom stereocenters. The van der Waals surface area contributed by atoms with Crippen LogP contribution in [0.15, 0.2) is 0 Å². The molecule has 75 heavy (non-hydrogen) atoms. The van der Waals surface area contributed by atoms with Gasteiger partial charge in [0.1, 0.15) is 42.0 Å². The van der Waals surface area contributed by atoms with Crippen molar-refractivity contribution in [3.05, 3.63) is 0 Å². The highest BCUT2D eigenvalue weighted by molar-refractivity contribution is 7.89. The van der Waals surface area contributed by atoms with Crippen LogP contribution in [0, 0.1) is 0 Å². The molecule has 0 aromatic carbocycles. The lowest BCUT2D eigenvalue weighted by molar-refractivity contribution is -0.158. The molecule has 0 spiro atoms. The molecule has 0 aromatic rings. The summed E-state index contributed by atoms with van der Waals surface area (Å²) in [6.45, 7) is 22.6. The normalized spacial score (nSPS) is 13.3. The number of hydrazine groups is 3. The van der Waals surface area contributed by atoms with Gasteiger partial charge in [-0.25, -0.2) is 50.9 Å². The van der Waals surface area contributed by atoms with Crippen molar-refractivity contribution < 1.29 is 79.2 Å². The lowest BCUT2D eigenvalue weighted by atomic mass is 10.1. The van der Waals surface area contributed by atoms with Crippen molar-refractivity contribution in [3.8, 4) is 0 Å². The van der Waals surface area contributed by atoms with E-state index in [0.717, 1.165) is 23.9 Å². The number of esters is 2. The van der Waals surface area contributed by atoms with Crippen molar-refractivity contribution in [1.29, 1.82) is 0 Å². The van der Waals surface area contributed by atoms with E-state index < -0.39 is 96.4 Å². The predicted molar refractivity (Wildman–Crippen MR) is 280 cm³/mol. The van der Waals surface area contributed by atoms with Gasteiger partial charge in [0.05, 0.1) is 12.5 Å². The van der Waals surface area contributed by atoms with E-state index in [9.17, 15) is 55.2 Å². The number of nitrogens with two attached hydrogens (primary N) is 1. The third kappa shape index (κ3) is 53.6. The first kappa shape index (κ1) is 74.3. The van der Waals surface area contributed by atoms with E-state index >= 15 is 0 Å². The molecule has 0 radical (unpaired) electrons. The fourth-order valence-corrected chi connectivity index (χ4v) is 6.59. The Kier molecular flexibility index (Phi) is 34.3. The number of carboxylic acid groups (broad SMARTS) is 1. The molecule has 0 aromatic heterocycles. The molecule has 440 valence electrons. The van der Waals surface area contributed by atoms with Crippen LogP contribution in [0.1, 0.15) is 135 Å². The maximum absolute atomic E-state index is 12.3. The number of nitrogens with zero attached hydrogens (tertiary/aromatic N) is 3. The van der Waals surface area contributed by atoms with Gasteiger partial charge in [0.2, 0.25) is 37.8 Å². The maximum atomic E-state index is 12.3. The van der Waals surface area contributed by atoms with Gasteiger partial charge in [-0.15, -0.1) is 0 Å². The number of ether oxygens (including phenoxy) is 4. The highest BCUT2D eigenvalue weighted by Crippen LogP contribution is 2.12. The average molecular weight is 1120 g/mol. The number of amides is 5. The van der Waals surface area contributed by atoms with Gasteiger partial charge in [-0.05, 0) is 102 Å². The number of alkyl carbamates (subject to hydrolysis) is 2. The quantitative estimate of drug-likeness (QED) is 0.0308. The molecule has 0 aliphatic carbocycles. The third-order valence-electron chi connectivity index (χ3n) is 8.02. The van der Waals surface area contributed by atoms with Gasteiger partial charge in [-0.2, -0.15) is 0 Å². The van der Waals surface area contributed by atoms with Gasteiger partial charge in [-0.1, -0.05) is 13.3 Å². The summed E-state index contributed by atoms with van der Waals surface area (Å²) in [5, 5.41) is 17.5. The van der Waals surface area contributed by atoms with E-state index in [1.165, 1.54) is 24.1 Å². The minimum atomic E-state index is -3.41. The Morgan fingerprint density at radius 2 is 0.813 bits per heavy atom. The molecule has 0 unspecified atom stereocenters. The number of carbonyl (C=O) groups is 8. The largest absolute Gasteiger partial charge is 0.480 e. The monoisotopic (exact) mass is 1120 g/mol. The van der Waals surface area contributed by atoms with Crippen LogP contribution in [0.5, 0.6) is 0 Å². The first-order chi connectivity index (χ1) is 33.7. The Hall–Kier alpha value is -4.98. The van der Waals surface area contributed by atoms with Crippen LogP contribution in [0.3, 0.4) is 0 Å². The molecule has 0 bridgehead atoms. The number of rotatable bonds is 27. The summed E-state index contributed by atoms with van der Waals surface area (Å²) in [5.74, 6) is -3.20. The van der Waals surface area contributed by atoms with Crippen molar-refractivity contribution in [3.63, 3.8) is 0 Å². The van der Waals surface area contributed by atoms with E-state index in [2.05, 4.69) is 36.4 Å². The Labute approximate surface area is 444 Å². The highest BCUT2D eigenvalue weighted by atomic mass is 32.2. The summed E-state index contributed by atoms with van der Waals surface area (Å²) in [6.07, 6.45) is 2.62. The summed E-state index contributed by atoms with van der Waals surface area (Å²) in [6, 6.07) is -1.54. The molecule has 0 fully saturated rings. The van der Waals surface area contributed by atoms with E-state index in [4.69, 9.17) is 29.8 Å². The average Bonchev–Trinajstić information content (AvgIpc) is 3.10. The summed E-state index contributed by atoms with van der Waals surface area (Å²) >= 11 is 0. The van der Waals surface area contributed by atoms with E-state index in [1.807, 2.05) is 6.92 Å². The minimum Gasteiger partial charge on any atom is -0.480 e. The molecule has 0 aliphatic heterocycles. The zero-order valence-electron chi connectivity index (χ0n) is 47.4. The van der Waals surface area contributed by atoms with Gasteiger partial charge >= 0.3 is 30.1 Å². The van der Waals surface area contributed by atoms with E-state index in [0.29, 0.717) is 12.8 Å². The summed E-state index contributed by atoms with van der Waals surface area (Å²) in [7, 11) is -2.16. The first-order valence-electron chi connectivity index (χ1n) is 24.0. The second-order valence-corrected chi connectivity index (χ2v) is 25.2. The summed E-state index contributed by atoms with van der Waals surface area (Å²) in [5.41, 5.74) is 10.6. The van der Waals surface area contributed by atoms with Crippen molar-refractivity contribution in [1.82, 2.24) is 51.4 Å². The van der Waals surface area contributed by atoms with Gasteiger partial charge < -0.3 is 40.4 Å². The van der Waals surface area contributed by atoms with Crippen LogP contribution in [-0.4, -0.2) is 192 Å². The van der Waals surface area contributed by atoms with Crippen LogP contribution < -0.4 is 42.1 Å². The molecule has 0 saturated carbocycles. The lowest BCUT2D eigenvalue weighted by Gasteiger charge is -2.25. The van der Waals surface area contributed by atoms with Crippen LogP contribution in [0.2, 0.25) is 0 Å². The SMILES string of the molecule is CCC[C@@H](CC(=O)NN(C)CC(=O)OC(C)(C)C)NC(=O)OC(C)(C)C.CN(CC(=O)O)NC(=O)C[C@@H](N)CCNS(C)(=O)=O.CN(CC(=O)OC(C)(C)C)NC(=O)C[C@H](CCNS(C)(=O)=O)NC(=O)OC(C)(C)C. The molecule has 0 aliphatic rings. The molecule has 0 rings (SSSR count). The molecule has 30 heteroatoms. The van der Waals surface area contributed by atoms with Gasteiger partial charge in [-0.3, -0.25) is 45.0 Å². The second kappa shape index (κ2) is 34.6. The molecule has 28 nitrogen and oxygen atoms in total. The van der Waals surface area contributed by atoms with Crippen LogP contribution in [0.25, 0.3) is 0 Å². The Morgan fingerprint density at radius 1 is 0.507 bits per heavy atom. The van der Waals surface area contributed by atoms with Crippen LogP contribution >= 0.6 is 0 Å². The van der Waals surface area contributed by atoms with Gasteiger partial charge in [0.25, 0.3) is 0 Å². The number of likely N-dealkylation sites (N-methyl/N-ethyl adjacent to an activating group) is 3. The number of aliphatic carboxylic acids is 1. The molecular weight excluding hydrogens is 1030 g/mol. The summed E-state index contributed by atoms with van der Waals surface area (Å²) < 4.78 is 69.4. The number of hydrogen-bond acceptors (Lipinski definition) is 20. The fourth-order valence-electron chi connectivity index (χ4n) is 5.62. The van der Waals surface area contributed by atoms with Crippen LogP contribution in [0.4, 0.5) is 9.59 Å². The topological polar surface area (TPSA) is 382 Å². The van der Waals surface area contributed by atoms with Crippen molar-refractivity contribution in [2.75, 3.05) is 66.4 Å². The number of carbonyl (C=O) groups excluding carboxylic acids is 7. The highest BCUT2D eigenvalue weighted by Gasteiger charge is 2.25. The summed E-state index contributed by atoms with van der Waals surface area (Å²) in [4.78, 5) is 93.8. The minimum absolute atomic E-state index is 0.0185. The predicted octanol–water partition coefficient (Wildman–Crippen LogP) is 0.579. The fraction of sp³-hybridized carbons (Fsp3) is 0.822. The molecule has 0 saturated heterocycles.